The van der Waals surface area contributed by atoms with Gasteiger partial charge >= 0.3 is 0 Å². The molecule has 0 aromatic heterocycles. The second-order valence-electron chi connectivity index (χ2n) is 4.29. The number of nitrogens with two attached hydrogens (primary N) is 1. The van der Waals surface area contributed by atoms with Gasteiger partial charge in [0.15, 0.2) is 0 Å². The van der Waals surface area contributed by atoms with E-state index in [-0.39, 0.29) is 0 Å². The van der Waals surface area contributed by atoms with Gasteiger partial charge in [-0.05, 0) is 47.6 Å². The normalized spacial score (nSPS) is 12.3. The Morgan fingerprint density at radius 3 is 2.19 bits per heavy atom. The first-order valence-corrected chi connectivity index (χ1v) is 7.73. The lowest BCUT2D eigenvalue weighted by atomic mass is 10.0. The van der Waals surface area contributed by atoms with Crippen molar-refractivity contribution in [1.82, 2.24) is 0 Å². The quantitative estimate of drug-likeness (QED) is 0.392. The predicted octanol–water partition coefficient (Wildman–Crippen LogP) is 4.93. The van der Waals surface area contributed by atoms with Gasteiger partial charge in [-0.2, -0.15) is 0 Å². The zero-order valence-corrected chi connectivity index (χ0v) is 13.8. The molecule has 2 nitrogen and oxygen atoms in total. The monoisotopic (exact) mass is 300 g/mol. The minimum absolute atomic E-state index is 0.480. The third-order valence-corrected chi connectivity index (χ3v) is 3.32. The summed E-state index contributed by atoms with van der Waals surface area (Å²) in [5.41, 5.74) is 9.26. The molecule has 0 amide bonds. The Morgan fingerprint density at radius 2 is 1.76 bits per heavy atom. The molecule has 3 heteroatoms. The minimum Gasteiger partial charge on any atom is -0.399 e. The maximum Gasteiger partial charge on any atom is 0.0958 e. The molecule has 2 N–H and O–H groups in total. The summed E-state index contributed by atoms with van der Waals surface area (Å²) >= 11 is 1.53. The summed E-state index contributed by atoms with van der Waals surface area (Å²) in [5.74, 6) is 0. The molecule has 0 saturated heterocycles. The van der Waals surface area contributed by atoms with Gasteiger partial charge in [0.25, 0.3) is 0 Å². The number of rotatable bonds is 8. The van der Waals surface area contributed by atoms with Gasteiger partial charge in [0.05, 0.1) is 10.7 Å². The smallest absolute Gasteiger partial charge is 0.0958 e. The second kappa shape index (κ2) is 9.83. The van der Waals surface area contributed by atoms with Crippen LogP contribution in [0.1, 0.15) is 13.3 Å². The molecule has 21 heavy (non-hydrogen) atoms. The van der Waals surface area contributed by atoms with Crippen molar-refractivity contribution < 1.29 is 0 Å². The largest absolute Gasteiger partial charge is 0.399 e. The third-order valence-electron chi connectivity index (χ3n) is 2.64. The average molecular weight is 300 g/mol. The molecule has 0 saturated carbocycles. The first-order valence-electron chi connectivity index (χ1n) is 6.51. The molecule has 0 atom stereocenters. The van der Waals surface area contributed by atoms with Gasteiger partial charge in [-0.25, -0.2) is 4.99 Å². The van der Waals surface area contributed by atoms with E-state index in [4.69, 9.17) is 5.73 Å². The predicted molar refractivity (Wildman–Crippen MR) is 99.4 cm³/mol. The highest BCUT2D eigenvalue weighted by Gasteiger charge is 2.03. The van der Waals surface area contributed by atoms with E-state index >= 15 is 0 Å². The van der Waals surface area contributed by atoms with Crippen molar-refractivity contribution in [2.75, 3.05) is 6.26 Å². The van der Waals surface area contributed by atoms with Crippen molar-refractivity contribution in [3.8, 4) is 0 Å². The van der Waals surface area contributed by atoms with Crippen LogP contribution in [0.15, 0.2) is 90.3 Å². The van der Waals surface area contributed by atoms with Crippen LogP contribution in [0, 0.1) is 0 Å². The number of nitrogens with zero attached hydrogens (tertiary/aromatic N) is 1. The fourth-order valence-electron chi connectivity index (χ4n) is 1.39. The van der Waals surface area contributed by atoms with Gasteiger partial charge < -0.3 is 5.73 Å². The lowest BCUT2D eigenvalue weighted by Gasteiger charge is -2.07. The van der Waals surface area contributed by atoms with Gasteiger partial charge in [-0.1, -0.05) is 45.9 Å². The molecule has 0 spiro atoms. The van der Waals surface area contributed by atoms with Crippen LogP contribution in [-0.2, 0) is 0 Å². The number of thioether (sulfide) groups is 1. The fourth-order valence-corrected chi connectivity index (χ4v) is 1.75. The molecule has 0 aromatic rings. The maximum atomic E-state index is 5.49. The van der Waals surface area contributed by atoms with Crippen LogP contribution in [0.2, 0.25) is 0 Å². The van der Waals surface area contributed by atoms with E-state index in [1.807, 2.05) is 19.3 Å². The molecule has 0 fully saturated rings. The van der Waals surface area contributed by atoms with Crippen molar-refractivity contribution in [1.29, 1.82) is 0 Å². The van der Waals surface area contributed by atoms with Crippen molar-refractivity contribution in [3.05, 3.63) is 85.3 Å². The molecule has 112 valence electrons. The Bertz CT molecular complexity index is 546. The molecule has 0 aliphatic carbocycles. The summed E-state index contributed by atoms with van der Waals surface area (Å²) in [6.07, 6.45) is 9.90. The van der Waals surface area contributed by atoms with Crippen LogP contribution in [0.5, 0.6) is 0 Å². The SMILES string of the molecule is C=CC(=NC(=C)/C(=C\C(=C)C(=C)/C=C\C(=C)N)CC)SC. The fraction of sp³-hybridized carbons (Fsp3) is 0.167. The van der Waals surface area contributed by atoms with E-state index in [0.29, 0.717) is 11.4 Å². The summed E-state index contributed by atoms with van der Waals surface area (Å²) < 4.78 is 0. The van der Waals surface area contributed by atoms with Gasteiger partial charge in [-0.3, -0.25) is 0 Å². The Hall–Kier alpha value is -2.00. The molecule has 0 aliphatic rings. The Morgan fingerprint density at radius 1 is 1.14 bits per heavy atom. The van der Waals surface area contributed by atoms with Gasteiger partial charge in [0.1, 0.15) is 0 Å². The van der Waals surface area contributed by atoms with Crippen LogP contribution in [0.4, 0.5) is 0 Å². The number of aliphatic imine (C=N–C) groups is 1. The molecular formula is C18H24N2S. The van der Waals surface area contributed by atoms with Crippen LogP contribution in [0.3, 0.4) is 0 Å². The van der Waals surface area contributed by atoms with E-state index in [1.54, 1.807) is 18.2 Å². The van der Waals surface area contributed by atoms with Crippen LogP contribution in [0.25, 0.3) is 0 Å². The number of allylic oxidation sites excluding steroid dienone is 6. The topological polar surface area (TPSA) is 38.4 Å². The zero-order chi connectivity index (χ0) is 16.4. The number of hydrogen-bond acceptors (Lipinski definition) is 3. The summed E-state index contributed by atoms with van der Waals surface area (Å²) in [6.45, 7) is 21.4. The van der Waals surface area contributed by atoms with E-state index in [0.717, 1.165) is 28.2 Å². The van der Waals surface area contributed by atoms with E-state index in [1.165, 1.54) is 11.8 Å². The van der Waals surface area contributed by atoms with Crippen molar-refractivity contribution in [2.24, 2.45) is 10.7 Å². The van der Waals surface area contributed by atoms with E-state index in [9.17, 15) is 0 Å². The zero-order valence-electron chi connectivity index (χ0n) is 13.0. The molecule has 0 bridgehead atoms. The van der Waals surface area contributed by atoms with Crippen molar-refractivity contribution >= 4 is 16.8 Å². The van der Waals surface area contributed by atoms with Crippen LogP contribution < -0.4 is 5.73 Å². The summed E-state index contributed by atoms with van der Waals surface area (Å²) in [4.78, 5) is 4.45. The summed E-state index contributed by atoms with van der Waals surface area (Å²) in [6, 6.07) is 0. The molecule has 0 radical (unpaired) electrons. The Kier molecular flexibility index (Phi) is 8.90. The molecule has 0 unspecified atom stereocenters. The minimum atomic E-state index is 0.480. The lowest BCUT2D eigenvalue weighted by Crippen LogP contribution is -1.92. The molecule has 0 rings (SSSR count). The van der Waals surface area contributed by atoms with Crippen molar-refractivity contribution in [3.63, 3.8) is 0 Å². The van der Waals surface area contributed by atoms with E-state index in [2.05, 4.69) is 37.9 Å². The first-order chi connectivity index (χ1) is 9.85. The second-order valence-corrected chi connectivity index (χ2v) is 5.11. The van der Waals surface area contributed by atoms with E-state index < -0.39 is 0 Å². The third kappa shape index (κ3) is 7.37. The molecule has 0 aromatic carbocycles. The summed E-state index contributed by atoms with van der Waals surface area (Å²) in [5, 5.41) is 0.836. The highest BCUT2D eigenvalue weighted by atomic mass is 32.2. The average Bonchev–Trinajstić information content (AvgIpc) is 2.46. The van der Waals surface area contributed by atoms with Crippen LogP contribution >= 0.6 is 11.8 Å². The molecule has 0 heterocycles. The Balaban J connectivity index is 5.18. The molecule has 0 aliphatic heterocycles. The number of hydrogen-bond donors (Lipinski definition) is 1. The van der Waals surface area contributed by atoms with Gasteiger partial charge in [0, 0.05) is 5.70 Å². The van der Waals surface area contributed by atoms with Crippen LogP contribution in [-0.4, -0.2) is 11.3 Å². The standard InChI is InChI=1S/C18H24N2S/c1-8-17(16(6)20-18(9-2)21-7)12-14(4)13(3)10-11-15(5)19/h9-12H,2-6,8,19H2,1,7H3/b11-10-,17-12-,20-18?. The maximum absolute atomic E-state index is 5.49. The Labute approximate surface area is 132 Å². The molecular weight excluding hydrogens is 276 g/mol. The highest BCUT2D eigenvalue weighted by Crippen LogP contribution is 2.20. The summed E-state index contributed by atoms with van der Waals surface area (Å²) in [7, 11) is 0. The van der Waals surface area contributed by atoms with Gasteiger partial charge in [-0.15, -0.1) is 11.8 Å². The van der Waals surface area contributed by atoms with Crippen molar-refractivity contribution in [2.45, 2.75) is 13.3 Å². The highest BCUT2D eigenvalue weighted by molar-refractivity contribution is 8.13. The lowest BCUT2D eigenvalue weighted by molar-refractivity contribution is 1.09. The van der Waals surface area contributed by atoms with Gasteiger partial charge in [0.2, 0.25) is 0 Å². The first kappa shape index (κ1) is 19.0.